The maximum absolute atomic E-state index is 12.4. The third-order valence-electron chi connectivity index (χ3n) is 4.07. The number of hydrogen-bond acceptors (Lipinski definition) is 4. The maximum atomic E-state index is 12.4. The predicted octanol–water partition coefficient (Wildman–Crippen LogP) is 5.16. The molecule has 0 unspecified atom stereocenters. The summed E-state index contributed by atoms with van der Waals surface area (Å²) < 4.78 is 10.7. The summed E-state index contributed by atoms with van der Waals surface area (Å²) in [5.74, 6) is -1.10. The fourth-order valence-corrected chi connectivity index (χ4v) is 3.19. The van der Waals surface area contributed by atoms with Gasteiger partial charge in [0.25, 0.3) is 5.91 Å². The van der Waals surface area contributed by atoms with Gasteiger partial charge in [0.15, 0.2) is 6.10 Å². The quantitative estimate of drug-likeness (QED) is 0.594. The van der Waals surface area contributed by atoms with Crippen molar-refractivity contribution in [2.45, 2.75) is 26.0 Å². The Morgan fingerprint density at radius 2 is 1.81 bits per heavy atom. The number of nitrogens with one attached hydrogen (secondary N) is 1. The van der Waals surface area contributed by atoms with Gasteiger partial charge in [-0.2, -0.15) is 0 Å². The summed E-state index contributed by atoms with van der Waals surface area (Å²) in [5, 5.41) is 4.51. The molecule has 1 amide bonds. The van der Waals surface area contributed by atoms with Crippen LogP contribution in [0.5, 0.6) is 0 Å². The normalized spacial score (nSPS) is 13.2. The fraction of sp³-hybridized carbons (Fsp3) is 0.200. The summed E-state index contributed by atoms with van der Waals surface area (Å²) in [6.07, 6.45) is -1.00. The molecule has 5 nitrogen and oxygen atoms in total. The van der Waals surface area contributed by atoms with Gasteiger partial charge in [-0.1, -0.05) is 47.5 Å². The van der Waals surface area contributed by atoms with E-state index in [1.54, 1.807) is 43.3 Å². The average Bonchev–Trinajstić information content (AvgIpc) is 3.05. The van der Waals surface area contributed by atoms with Crippen LogP contribution in [0.15, 0.2) is 52.9 Å². The first-order chi connectivity index (χ1) is 12.8. The molecule has 0 saturated heterocycles. The number of rotatable bonds is 5. The standard InChI is InChI=1S/C20H17Cl2NO4/c1-11(15-8-7-14(21)10-16(15)22)23-19(24)12(2)26-20(25)18-9-13-5-3-4-6-17(13)27-18/h3-12H,1-2H3,(H,23,24)/t11-,12+/m0/s1. The van der Waals surface area contributed by atoms with Crippen molar-refractivity contribution >= 4 is 46.0 Å². The molecule has 1 aromatic heterocycles. The lowest BCUT2D eigenvalue weighted by Crippen LogP contribution is -2.37. The van der Waals surface area contributed by atoms with Gasteiger partial charge >= 0.3 is 5.97 Å². The second-order valence-electron chi connectivity index (χ2n) is 6.09. The number of para-hydroxylation sites is 1. The third kappa shape index (κ3) is 4.43. The number of hydrogen-bond donors (Lipinski definition) is 1. The number of carbonyl (C=O) groups is 2. The molecule has 0 bridgehead atoms. The zero-order chi connectivity index (χ0) is 19.6. The van der Waals surface area contributed by atoms with E-state index in [9.17, 15) is 9.59 Å². The van der Waals surface area contributed by atoms with Crippen LogP contribution in [0.4, 0.5) is 0 Å². The van der Waals surface area contributed by atoms with Crippen LogP contribution in [-0.4, -0.2) is 18.0 Å². The van der Waals surface area contributed by atoms with Crippen molar-refractivity contribution in [1.29, 1.82) is 0 Å². The molecule has 3 rings (SSSR count). The Morgan fingerprint density at radius 3 is 2.52 bits per heavy atom. The van der Waals surface area contributed by atoms with Gasteiger partial charge in [-0.15, -0.1) is 0 Å². The van der Waals surface area contributed by atoms with Crippen LogP contribution in [0, 0.1) is 0 Å². The van der Waals surface area contributed by atoms with Crippen molar-refractivity contribution in [3.63, 3.8) is 0 Å². The van der Waals surface area contributed by atoms with E-state index in [-0.39, 0.29) is 11.8 Å². The number of esters is 1. The molecule has 3 aromatic rings. The van der Waals surface area contributed by atoms with Crippen molar-refractivity contribution in [1.82, 2.24) is 5.32 Å². The Hall–Kier alpha value is -2.50. The van der Waals surface area contributed by atoms with Gasteiger partial charge in [0.05, 0.1) is 6.04 Å². The van der Waals surface area contributed by atoms with E-state index in [1.165, 1.54) is 6.92 Å². The number of fused-ring (bicyclic) bond motifs is 1. The monoisotopic (exact) mass is 405 g/mol. The number of amides is 1. The SMILES string of the molecule is C[C@H](NC(=O)[C@@H](C)OC(=O)c1cc2ccccc2o1)c1ccc(Cl)cc1Cl. The van der Waals surface area contributed by atoms with E-state index in [2.05, 4.69) is 5.32 Å². The molecular weight excluding hydrogens is 389 g/mol. The van der Waals surface area contributed by atoms with E-state index >= 15 is 0 Å². The summed E-state index contributed by atoms with van der Waals surface area (Å²) in [5.41, 5.74) is 1.29. The highest BCUT2D eigenvalue weighted by Gasteiger charge is 2.23. The zero-order valence-electron chi connectivity index (χ0n) is 14.7. The molecule has 0 fully saturated rings. The molecule has 0 spiro atoms. The molecule has 0 radical (unpaired) electrons. The molecule has 7 heteroatoms. The van der Waals surface area contributed by atoms with Crippen molar-refractivity contribution in [3.05, 3.63) is 69.9 Å². The molecule has 0 aliphatic rings. The Bertz CT molecular complexity index is 966. The minimum Gasteiger partial charge on any atom is -0.449 e. The largest absolute Gasteiger partial charge is 0.449 e. The van der Waals surface area contributed by atoms with Crippen LogP contribution >= 0.6 is 23.2 Å². The predicted molar refractivity (Wildman–Crippen MR) is 104 cm³/mol. The molecular formula is C20H17Cl2NO4. The summed E-state index contributed by atoms with van der Waals surface area (Å²) in [6.45, 7) is 3.27. The first kappa shape index (κ1) is 19.3. The molecule has 27 heavy (non-hydrogen) atoms. The minimum atomic E-state index is -1.00. The van der Waals surface area contributed by atoms with Gasteiger partial charge in [-0.05, 0) is 43.7 Å². The van der Waals surface area contributed by atoms with Gasteiger partial charge in [-0.3, -0.25) is 4.79 Å². The second-order valence-corrected chi connectivity index (χ2v) is 6.94. The topological polar surface area (TPSA) is 68.5 Å². The van der Waals surface area contributed by atoms with Crippen LogP contribution in [0.25, 0.3) is 11.0 Å². The van der Waals surface area contributed by atoms with E-state index < -0.39 is 18.0 Å². The molecule has 140 valence electrons. The number of halogens is 2. The highest BCUT2D eigenvalue weighted by molar-refractivity contribution is 6.35. The van der Waals surface area contributed by atoms with E-state index in [4.69, 9.17) is 32.4 Å². The summed E-state index contributed by atoms with van der Waals surface area (Å²) >= 11 is 12.0. The van der Waals surface area contributed by atoms with Gasteiger partial charge in [0.1, 0.15) is 5.58 Å². The smallest absolute Gasteiger partial charge is 0.375 e. The maximum Gasteiger partial charge on any atom is 0.375 e. The van der Waals surface area contributed by atoms with Crippen LogP contribution in [0.1, 0.15) is 36.0 Å². The van der Waals surface area contributed by atoms with Gasteiger partial charge < -0.3 is 14.5 Å². The van der Waals surface area contributed by atoms with Crippen LogP contribution in [-0.2, 0) is 9.53 Å². The van der Waals surface area contributed by atoms with Gasteiger partial charge in [0.2, 0.25) is 5.76 Å². The Labute approximate surface area is 166 Å². The molecule has 0 aliphatic carbocycles. The molecule has 2 aromatic carbocycles. The lowest BCUT2D eigenvalue weighted by molar-refractivity contribution is -0.129. The fourth-order valence-electron chi connectivity index (χ4n) is 2.62. The van der Waals surface area contributed by atoms with E-state index in [1.807, 2.05) is 12.1 Å². The van der Waals surface area contributed by atoms with Gasteiger partial charge in [0, 0.05) is 15.4 Å². The zero-order valence-corrected chi connectivity index (χ0v) is 16.2. The number of carbonyl (C=O) groups excluding carboxylic acids is 2. The third-order valence-corrected chi connectivity index (χ3v) is 4.63. The van der Waals surface area contributed by atoms with Crippen molar-refractivity contribution in [2.75, 3.05) is 0 Å². The molecule has 1 heterocycles. The van der Waals surface area contributed by atoms with Crippen LogP contribution in [0.2, 0.25) is 10.0 Å². The second kappa shape index (κ2) is 8.03. The Kier molecular flexibility index (Phi) is 5.73. The van der Waals surface area contributed by atoms with Crippen molar-refractivity contribution < 1.29 is 18.7 Å². The van der Waals surface area contributed by atoms with E-state index in [0.29, 0.717) is 21.2 Å². The van der Waals surface area contributed by atoms with Crippen LogP contribution in [0.3, 0.4) is 0 Å². The first-order valence-corrected chi connectivity index (χ1v) is 9.05. The summed E-state index contributed by atoms with van der Waals surface area (Å²) in [6, 6.07) is 13.5. The van der Waals surface area contributed by atoms with Gasteiger partial charge in [-0.25, -0.2) is 4.79 Å². The molecule has 0 aliphatic heterocycles. The Morgan fingerprint density at radius 1 is 1.07 bits per heavy atom. The lowest BCUT2D eigenvalue weighted by Gasteiger charge is -2.19. The summed E-state index contributed by atoms with van der Waals surface area (Å²) in [4.78, 5) is 24.6. The molecule has 0 saturated carbocycles. The lowest BCUT2D eigenvalue weighted by atomic mass is 10.1. The van der Waals surface area contributed by atoms with Crippen molar-refractivity contribution in [3.8, 4) is 0 Å². The average molecular weight is 406 g/mol. The van der Waals surface area contributed by atoms with E-state index in [0.717, 1.165) is 5.39 Å². The van der Waals surface area contributed by atoms with Crippen molar-refractivity contribution in [2.24, 2.45) is 0 Å². The highest BCUT2D eigenvalue weighted by atomic mass is 35.5. The number of ether oxygens (including phenoxy) is 1. The summed E-state index contributed by atoms with van der Waals surface area (Å²) in [7, 11) is 0. The molecule has 1 N–H and O–H groups in total. The van der Waals surface area contributed by atoms with Crippen LogP contribution < -0.4 is 5.32 Å². The molecule has 2 atom stereocenters. The minimum absolute atomic E-state index is 0.0460. The highest BCUT2D eigenvalue weighted by Crippen LogP contribution is 2.26. The Balaban J connectivity index is 1.63. The first-order valence-electron chi connectivity index (χ1n) is 8.30. The number of furan rings is 1. The number of benzene rings is 2.